The zero-order chi connectivity index (χ0) is 19.3. The van der Waals surface area contributed by atoms with Crippen LogP contribution < -0.4 is 14.8 Å². The zero-order valence-corrected chi connectivity index (χ0v) is 15.8. The molecule has 0 bridgehead atoms. The van der Waals surface area contributed by atoms with Gasteiger partial charge in [0.1, 0.15) is 10.6 Å². The number of methoxy groups -OCH3 is 2. The molecule has 1 amide bonds. The molecule has 1 atom stereocenters. The maximum absolute atomic E-state index is 12.5. The minimum Gasteiger partial charge on any atom is -0.493 e. The van der Waals surface area contributed by atoms with Crippen LogP contribution in [0.1, 0.15) is 48.0 Å². The van der Waals surface area contributed by atoms with Gasteiger partial charge >= 0.3 is 0 Å². The molecule has 0 saturated carbocycles. The van der Waals surface area contributed by atoms with Crippen molar-refractivity contribution in [3.05, 3.63) is 32.8 Å². The van der Waals surface area contributed by atoms with Gasteiger partial charge in [-0.25, -0.2) is 0 Å². The second kappa shape index (κ2) is 8.56. The third-order valence-corrected chi connectivity index (χ3v) is 4.82. The fraction of sp³-hybridized carbons (Fsp3) is 0.438. The Balaban J connectivity index is 2.30. The number of ether oxygens (including phenoxy) is 2. The Hall–Kier alpha value is -2.75. The van der Waals surface area contributed by atoms with E-state index in [9.17, 15) is 14.9 Å². The van der Waals surface area contributed by atoms with Crippen molar-refractivity contribution in [2.45, 2.75) is 32.6 Å². The molecule has 0 aliphatic carbocycles. The second-order valence-electron chi connectivity index (χ2n) is 5.57. The first kappa shape index (κ1) is 19.6. The van der Waals surface area contributed by atoms with Crippen molar-refractivity contribution in [1.29, 1.82) is 0 Å². The first-order chi connectivity index (χ1) is 12.4. The Labute approximate surface area is 154 Å². The number of benzene rings is 1. The van der Waals surface area contributed by atoms with Gasteiger partial charge in [0.2, 0.25) is 5.13 Å². The minimum absolute atomic E-state index is 0.147. The number of hydrogen-bond acceptors (Lipinski definition) is 8. The van der Waals surface area contributed by atoms with Gasteiger partial charge in [0.25, 0.3) is 11.6 Å². The normalized spacial score (nSPS) is 11.7. The van der Waals surface area contributed by atoms with Crippen LogP contribution in [-0.2, 0) is 0 Å². The van der Waals surface area contributed by atoms with Crippen molar-refractivity contribution in [3.63, 3.8) is 0 Å². The van der Waals surface area contributed by atoms with Crippen LogP contribution in [0, 0.1) is 10.1 Å². The van der Waals surface area contributed by atoms with Gasteiger partial charge in [0.15, 0.2) is 11.5 Å². The number of carbonyl (C=O) groups is 1. The summed E-state index contributed by atoms with van der Waals surface area (Å²) in [6.07, 6.45) is 1.98. The van der Waals surface area contributed by atoms with Gasteiger partial charge in [-0.05, 0) is 6.42 Å². The smallest absolute Gasteiger partial charge is 0.286 e. The Morgan fingerprint density at radius 2 is 1.96 bits per heavy atom. The molecular formula is C16H20N4O5S. The number of nitro benzene ring substituents is 1. The lowest BCUT2D eigenvalue weighted by atomic mass is 10.1. The molecule has 0 spiro atoms. The van der Waals surface area contributed by atoms with Gasteiger partial charge in [-0.2, -0.15) is 0 Å². The van der Waals surface area contributed by atoms with Crippen molar-refractivity contribution in [3.8, 4) is 11.5 Å². The number of rotatable bonds is 8. The van der Waals surface area contributed by atoms with Gasteiger partial charge in [0.05, 0.1) is 25.2 Å². The van der Waals surface area contributed by atoms with Crippen LogP contribution in [0.25, 0.3) is 0 Å². The fourth-order valence-corrected chi connectivity index (χ4v) is 3.23. The van der Waals surface area contributed by atoms with E-state index in [1.54, 1.807) is 0 Å². The van der Waals surface area contributed by atoms with Crippen LogP contribution in [0.4, 0.5) is 10.8 Å². The molecule has 26 heavy (non-hydrogen) atoms. The highest BCUT2D eigenvalue weighted by Gasteiger charge is 2.25. The number of nitrogens with zero attached hydrogens (tertiary/aromatic N) is 3. The standard InChI is InChI=1S/C16H20N4O5S/c1-5-6-9(2)15-18-19-16(26-15)17-14(21)10-7-12(24-3)13(25-4)8-11(10)20(22)23/h7-9H,5-6H2,1-4H3,(H,17,19,21)/t9-/m1/s1. The molecule has 0 saturated heterocycles. The topological polar surface area (TPSA) is 116 Å². The van der Waals surface area contributed by atoms with Crippen LogP contribution in [0.5, 0.6) is 11.5 Å². The SMILES string of the molecule is CCC[C@@H](C)c1nnc(NC(=O)c2cc(OC)c(OC)cc2[N+](=O)[O-])s1. The lowest BCUT2D eigenvalue weighted by Gasteiger charge is -2.10. The van der Waals surface area contributed by atoms with Crippen LogP contribution in [0.2, 0.25) is 0 Å². The Morgan fingerprint density at radius 1 is 1.31 bits per heavy atom. The molecule has 0 radical (unpaired) electrons. The summed E-state index contributed by atoms with van der Waals surface area (Å²) in [6, 6.07) is 2.43. The van der Waals surface area contributed by atoms with Crippen molar-refractivity contribution in [2.24, 2.45) is 0 Å². The fourth-order valence-electron chi connectivity index (χ4n) is 2.41. The summed E-state index contributed by atoms with van der Waals surface area (Å²) in [4.78, 5) is 23.2. The van der Waals surface area contributed by atoms with Crippen LogP contribution >= 0.6 is 11.3 Å². The molecule has 1 aromatic heterocycles. The predicted octanol–water partition coefficient (Wildman–Crippen LogP) is 3.62. The molecule has 1 heterocycles. The lowest BCUT2D eigenvalue weighted by molar-refractivity contribution is -0.385. The van der Waals surface area contributed by atoms with Gasteiger partial charge in [-0.15, -0.1) is 10.2 Å². The van der Waals surface area contributed by atoms with E-state index >= 15 is 0 Å². The largest absolute Gasteiger partial charge is 0.493 e. The first-order valence-electron chi connectivity index (χ1n) is 7.96. The summed E-state index contributed by atoms with van der Waals surface area (Å²) in [5, 5.41) is 23.0. The molecule has 140 valence electrons. The van der Waals surface area contributed by atoms with E-state index in [0.29, 0.717) is 0 Å². The summed E-state index contributed by atoms with van der Waals surface area (Å²) < 4.78 is 10.2. The number of hydrogen-bond donors (Lipinski definition) is 1. The molecule has 10 heteroatoms. The van der Waals surface area contributed by atoms with Crippen molar-refractivity contribution in [2.75, 3.05) is 19.5 Å². The average molecular weight is 380 g/mol. The average Bonchev–Trinajstić information content (AvgIpc) is 3.09. The van der Waals surface area contributed by atoms with E-state index < -0.39 is 10.8 Å². The molecule has 2 aromatic rings. The van der Waals surface area contributed by atoms with E-state index in [0.717, 1.165) is 23.9 Å². The molecule has 9 nitrogen and oxygen atoms in total. The van der Waals surface area contributed by atoms with Crippen LogP contribution in [0.3, 0.4) is 0 Å². The number of carbonyl (C=O) groups excluding carboxylic acids is 1. The molecule has 1 N–H and O–H groups in total. The van der Waals surface area contributed by atoms with Gasteiger partial charge in [0, 0.05) is 12.0 Å². The highest BCUT2D eigenvalue weighted by molar-refractivity contribution is 7.15. The van der Waals surface area contributed by atoms with Gasteiger partial charge in [-0.1, -0.05) is 31.6 Å². The molecule has 2 rings (SSSR count). The highest BCUT2D eigenvalue weighted by atomic mass is 32.1. The maximum atomic E-state index is 12.5. The van der Waals surface area contributed by atoms with Crippen molar-refractivity contribution < 1.29 is 19.2 Å². The van der Waals surface area contributed by atoms with Crippen LogP contribution in [-0.4, -0.2) is 35.2 Å². The third-order valence-electron chi connectivity index (χ3n) is 3.75. The molecule has 1 aromatic carbocycles. The molecule has 0 aliphatic heterocycles. The summed E-state index contributed by atoms with van der Waals surface area (Å²) in [5.74, 6) is -0.0396. The Bertz CT molecular complexity index is 808. The quantitative estimate of drug-likeness (QED) is 0.549. The van der Waals surface area contributed by atoms with E-state index in [-0.39, 0.29) is 33.8 Å². The minimum atomic E-state index is -0.663. The number of aromatic nitrogens is 2. The van der Waals surface area contributed by atoms with E-state index in [2.05, 4.69) is 22.4 Å². The monoisotopic (exact) mass is 380 g/mol. The van der Waals surface area contributed by atoms with E-state index in [1.807, 2.05) is 6.92 Å². The molecule has 0 unspecified atom stereocenters. The Morgan fingerprint density at radius 3 is 2.54 bits per heavy atom. The van der Waals surface area contributed by atoms with Crippen molar-refractivity contribution >= 4 is 28.1 Å². The molecule has 0 aliphatic rings. The summed E-state index contributed by atoms with van der Waals surface area (Å²) >= 11 is 1.26. The van der Waals surface area contributed by atoms with Gasteiger partial charge in [-0.3, -0.25) is 20.2 Å². The maximum Gasteiger partial charge on any atom is 0.286 e. The number of anilines is 1. The predicted molar refractivity (Wildman–Crippen MR) is 97.4 cm³/mol. The van der Waals surface area contributed by atoms with Gasteiger partial charge < -0.3 is 9.47 Å². The summed E-state index contributed by atoms with van der Waals surface area (Å²) in [6.45, 7) is 4.12. The molecule has 0 fully saturated rings. The first-order valence-corrected chi connectivity index (χ1v) is 8.78. The molecular weight excluding hydrogens is 360 g/mol. The number of nitro groups is 1. The van der Waals surface area contributed by atoms with Crippen molar-refractivity contribution in [1.82, 2.24) is 10.2 Å². The number of nitrogens with one attached hydrogen (secondary N) is 1. The second-order valence-corrected chi connectivity index (χ2v) is 6.58. The lowest BCUT2D eigenvalue weighted by Crippen LogP contribution is -2.14. The van der Waals surface area contributed by atoms with Crippen LogP contribution in [0.15, 0.2) is 12.1 Å². The number of amides is 1. The Kier molecular flexibility index (Phi) is 6.45. The zero-order valence-electron chi connectivity index (χ0n) is 14.9. The van der Waals surface area contributed by atoms with E-state index in [4.69, 9.17) is 9.47 Å². The summed E-state index contributed by atoms with van der Waals surface area (Å²) in [5.41, 5.74) is -0.532. The summed E-state index contributed by atoms with van der Waals surface area (Å²) in [7, 11) is 2.75. The third kappa shape index (κ3) is 4.26. The highest BCUT2D eigenvalue weighted by Crippen LogP contribution is 2.35. The van der Waals surface area contributed by atoms with E-state index in [1.165, 1.54) is 31.6 Å².